The van der Waals surface area contributed by atoms with Crippen LogP contribution in [0.2, 0.25) is 0 Å². The van der Waals surface area contributed by atoms with Crippen molar-refractivity contribution in [3.63, 3.8) is 0 Å². The number of hydrogen-bond acceptors (Lipinski definition) is 2. The van der Waals surface area contributed by atoms with Gasteiger partial charge in [-0.15, -0.1) is 0 Å². The summed E-state index contributed by atoms with van der Waals surface area (Å²) in [4.78, 5) is 2.42. The average molecular weight is 840 g/mol. The molecular weight excluding hydrogens is 787 g/mol. The van der Waals surface area contributed by atoms with Crippen molar-refractivity contribution in [1.29, 1.82) is 0 Å². The number of fused-ring (bicyclic) bond motifs is 9. The average Bonchev–Trinajstić information content (AvgIpc) is 3.62. The van der Waals surface area contributed by atoms with Crippen molar-refractivity contribution < 1.29 is 4.74 Å². The Balaban J connectivity index is 1.14. The van der Waals surface area contributed by atoms with E-state index in [1.165, 1.54) is 66.8 Å². The van der Waals surface area contributed by atoms with E-state index in [1.54, 1.807) is 0 Å². The van der Waals surface area contributed by atoms with Crippen LogP contribution in [0, 0.1) is 0 Å². The van der Waals surface area contributed by atoms with Gasteiger partial charge in [-0.2, -0.15) is 0 Å². The molecule has 2 heteroatoms. The number of benzene rings is 9. The highest BCUT2D eigenvalue weighted by Crippen LogP contribution is 2.63. The van der Waals surface area contributed by atoms with E-state index in [0.717, 1.165) is 39.7 Å². The van der Waals surface area contributed by atoms with Gasteiger partial charge < -0.3 is 9.64 Å². The first-order valence-electron chi connectivity index (χ1n) is 22.9. The monoisotopic (exact) mass is 839 g/mol. The van der Waals surface area contributed by atoms with Gasteiger partial charge in [-0.3, -0.25) is 0 Å². The third-order valence-corrected chi connectivity index (χ3v) is 13.7. The molecule has 0 N–H and O–H groups in total. The second-order valence-electron chi connectivity index (χ2n) is 19.8. The fourth-order valence-electron chi connectivity index (χ4n) is 10.3. The molecule has 9 aromatic carbocycles. The van der Waals surface area contributed by atoms with Crippen LogP contribution in [0.4, 0.5) is 17.1 Å². The Morgan fingerprint density at radius 1 is 0.338 bits per heavy atom. The molecule has 2 aliphatic rings. The van der Waals surface area contributed by atoms with Crippen LogP contribution in [0.1, 0.15) is 74.9 Å². The van der Waals surface area contributed by atoms with Crippen molar-refractivity contribution in [3.8, 4) is 56.0 Å². The number of ether oxygens (including phenoxy) is 1. The highest BCUT2D eigenvalue weighted by atomic mass is 16.5. The lowest BCUT2D eigenvalue weighted by molar-refractivity contribution is 0.433. The summed E-state index contributed by atoms with van der Waals surface area (Å²) in [6.07, 6.45) is 0. The van der Waals surface area contributed by atoms with Crippen LogP contribution < -0.4 is 9.64 Å². The molecule has 1 heterocycles. The zero-order chi connectivity index (χ0) is 44.5. The zero-order valence-electron chi connectivity index (χ0n) is 38.1. The Bertz CT molecular complexity index is 3080. The Morgan fingerprint density at radius 3 is 1.29 bits per heavy atom. The molecule has 1 spiro atoms. The normalized spacial score (nSPS) is 13.3. The Hall–Kier alpha value is -7.42. The van der Waals surface area contributed by atoms with Crippen molar-refractivity contribution >= 4 is 17.1 Å². The minimum Gasteiger partial charge on any atom is -0.457 e. The van der Waals surface area contributed by atoms with Gasteiger partial charge in [-0.25, -0.2) is 0 Å². The van der Waals surface area contributed by atoms with Crippen LogP contribution in [-0.4, -0.2) is 0 Å². The molecule has 0 radical (unpaired) electrons. The number of rotatable bonds is 6. The maximum absolute atomic E-state index is 6.96. The first kappa shape index (κ1) is 40.4. The Morgan fingerprint density at radius 2 is 0.769 bits per heavy atom. The molecule has 0 bridgehead atoms. The van der Waals surface area contributed by atoms with Crippen LogP contribution in [0.15, 0.2) is 212 Å². The molecule has 11 rings (SSSR count). The summed E-state index contributed by atoms with van der Waals surface area (Å²) in [5.41, 5.74) is 19.7. The summed E-state index contributed by atoms with van der Waals surface area (Å²) in [7, 11) is 0. The predicted molar refractivity (Wildman–Crippen MR) is 272 cm³/mol. The fraction of sp³-hybridized carbons (Fsp3) is 0.143. The van der Waals surface area contributed by atoms with E-state index in [1.807, 2.05) is 0 Å². The van der Waals surface area contributed by atoms with Crippen molar-refractivity contribution in [2.45, 2.75) is 57.8 Å². The molecule has 9 aromatic rings. The minimum atomic E-state index is -0.622. The van der Waals surface area contributed by atoms with Gasteiger partial charge in [-0.05, 0) is 133 Å². The molecule has 1 aliphatic carbocycles. The van der Waals surface area contributed by atoms with E-state index in [9.17, 15) is 0 Å². The molecule has 316 valence electrons. The van der Waals surface area contributed by atoms with E-state index >= 15 is 0 Å². The smallest absolute Gasteiger partial charge is 0.132 e. The summed E-state index contributed by atoms with van der Waals surface area (Å²) in [5.74, 6) is 1.82. The van der Waals surface area contributed by atoms with Gasteiger partial charge in [0.15, 0.2) is 0 Å². The Labute approximate surface area is 384 Å². The summed E-state index contributed by atoms with van der Waals surface area (Å²) >= 11 is 0. The van der Waals surface area contributed by atoms with Gasteiger partial charge in [0, 0.05) is 28.1 Å². The highest BCUT2D eigenvalue weighted by Gasteiger charge is 2.52. The summed E-state index contributed by atoms with van der Waals surface area (Å²) in [6, 6.07) is 78.2. The molecule has 2 nitrogen and oxygen atoms in total. The first-order chi connectivity index (χ1) is 31.5. The van der Waals surface area contributed by atoms with E-state index < -0.39 is 5.41 Å². The van der Waals surface area contributed by atoms with Crippen LogP contribution in [0.5, 0.6) is 11.5 Å². The number of nitrogens with zero attached hydrogens (tertiary/aromatic N) is 1. The van der Waals surface area contributed by atoms with Crippen molar-refractivity contribution in [1.82, 2.24) is 0 Å². The van der Waals surface area contributed by atoms with Crippen molar-refractivity contribution in [3.05, 3.63) is 246 Å². The lowest BCUT2D eigenvalue weighted by Crippen LogP contribution is -2.33. The molecule has 1 aliphatic heterocycles. The maximum Gasteiger partial charge on any atom is 0.132 e. The third kappa shape index (κ3) is 6.79. The maximum atomic E-state index is 6.96. The van der Waals surface area contributed by atoms with Gasteiger partial charge in [-0.1, -0.05) is 193 Å². The lowest BCUT2D eigenvalue weighted by Gasteiger charge is -2.41. The van der Waals surface area contributed by atoms with E-state index in [2.05, 4.69) is 259 Å². The zero-order valence-corrected chi connectivity index (χ0v) is 38.1. The first-order valence-corrected chi connectivity index (χ1v) is 22.9. The van der Waals surface area contributed by atoms with Gasteiger partial charge in [0.1, 0.15) is 11.5 Å². The lowest BCUT2D eigenvalue weighted by atomic mass is 9.64. The van der Waals surface area contributed by atoms with Crippen LogP contribution in [-0.2, 0) is 16.2 Å². The van der Waals surface area contributed by atoms with E-state index in [0.29, 0.717) is 0 Å². The molecule has 0 atom stereocenters. The number of hydrogen-bond donors (Lipinski definition) is 0. The molecule has 0 saturated carbocycles. The third-order valence-electron chi connectivity index (χ3n) is 13.7. The second-order valence-corrected chi connectivity index (χ2v) is 19.8. The molecule has 0 fully saturated rings. The van der Waals surface area contributed by atoms with Gasteiger partial charge in [0.2, 0.25) is 0 Å². The predicted octanol–water partition coefficient (Wildman–Crippen LogP) is 17.2. The standard InChI is InChI=1S/C63H53NO/c1-61(2,3)47-30-37-59-56(40-47)63(57-41-48(62(4,5)6)31-38-60(57)65-59)54-23-15-13-22-52(54)53-36-29-46(39-55(53)63)51-21-14-16-24-58(51)64(49-32-25-44(26-33-49)42-17-9-7-10-18-42)50-34-27-45(28-35-50)43-19-11-8-12-20-43/h7-41H,1-6H3. The van der Waals surface area contributed by atoms with Gasteiger partial charge in [0.05, 0.1) is 11.1 Å². The number of para-hydroxylation sites is 1. The van der Waals surface area contributed by atoms with Gasteiger partial charge >= 0.3 is 0 Å². The molecule has 0 saturated heterocycles. The van der Waals surface area contributed by atoms with Crippen molar-refractivity contribution in [2.24, 2.45) is 0 Å². The molecule has 0 unspecified atom stereocenters. The minimum absolute atomic E-state index is 0.0620. The van der Waals surface area contributed by atoms with Crippen molar-refractivity contribution in [2.75, 3.05) is 4.90 Å². The summed E-state index contributed by atoms with van der Waals surface area (Å²) < 4.78 is 6.96. The largest absolute Gasteiger partial charge is 0.457 e. The highest BCUT2D eigenvalue weighted by molar-refractivity contribution is 5.94. The van der Waals surface area contributed by atoms with Gasteiger partial charge in [0.25, 0.3) is 0 Å². The molecule has 0 aromatic heterocycles. The summed E-state index contributed by atoms with van der Waals surface area (Å²) in [5, 5.41) is 0. The summed E-state index contributed by atoms with van der Waals surface area (Å²) in [6.45, 7) is 13.8. The molecular formula is C63H53NO. The second kappa shape index (κ2) is 15.4. The Kier molecular flexibility index (Phi) is 9.55. The van der Waals surface area contributed by atoms with Crippen LogP contribution in [0.3, 0.4) is 0 Å². The quantitative estimate of drug-likeness (QED) is 0.165. The number of anilines is 3. The van der Waals surface area contributed by atoms with Crippen LogP contribution in [0.25, 0.3) is 44.5 Å². The van der Waals surface area contributed by atoms with E-state index in [4.69, 9.17) is 4.74 Å². The van der Waals surface area contributed by atoms with Crippen LogP contribution >= 0.6 is 0 Å². The molecule has 65 heavy (non-hydrogen) atoms. The van der Waals surface area contributed by atoms with E-state index in [-0.39, 0.29) is 10.8 Å². The fourth-order valence-corrected chi connectivity index (χ4v) is 10.3. The molecule has 0 amide bonds. The SMILES string of the molecule is CC(C)(C)c1ccc2c(c1)C1(c3cc(C(C)(C)C)ccc3O2)c2ccccc2-c2ccc(-c3ccccc3N(c3ccc(-c4ccccc4)cc3)c3ccc(-c4ccccc4)cc3)cc21. The topological polar surface area (TPSA) is 12.5 Å².